The minimum absolute atomic E-state index is 0.202. The van der Waals surface area contributed by atoms with Crippen LogP contribution in [0.2, 0.25) is 0 Å². The summed E-state index contributed by atoms with van der Waals surface area (Å²) in [6.45, 7) is 2.38. The second-order valence-corrected chi connectivity index (χ2v) is 6.46. The standard InChI is InChI=1S/C24H22N2O2/c1-18-12-14-19(15-13-18)16-22(26-23(27)21-10-6-3-7-11-21)24(28)25-17-20-8-4-2-5-9-20/h2-16H,17H2,1H3,(H,25,28)(H,26,27)/b22-16-. The molecular formula is C24H22N2O2. The van der Waals surface area contributed by atoms with Gasteiger partial charge in [0.15, 0.2) is 0 Å². The second-order valence-electron chi connectivity index (χ2n) is 6.46. The Morgan fingerprint density at radius 2 is 1.43 bits per heavy atom. The highest BCUT2D eigenvalue weighted by atomic mass is 16.2. The Morgan fingerprint density at radius 3 is 2.07 bits per heavy atom. The van der Waals surface area contributed by atoms with Crippen LogP contribution in [-0.4, -0.2) is 11.8 Å². The van der Waals surface area contributed by atoms with Gasteiger partial charge in [-0.3, -0.25) is 9.59 Å². The molecule has 0 radical (unpaired) electrons. The van der Waals surface area contributed by atoms with Gasteiger partial charge in [-0.05, 0) is 36.3 Å². The lowest BCUT2D eigenvalue weighted by molar-refractivity contribution is -0.117. The van der Waals surface area contributed by atoms with Gasteiger partial charge in [-0.1, -0.05) is 78.4 Å². The zero-order valence-corrected chi connectivity index (χ0v) is 15.7. The number of hydrogen-bond acceptors (Lipinski definition) is 2. The molecule has 2 N–H and O–H groups in total. The van der Waals surface area contributed by atoms with Crippen LogP contribution in [0.4, 0.5) is 0 Å². The quantitative estimate of drug-likeness (QED) is 0.642. The summed E-state index contributed by atoms with van der Waals surface area (Å²) >= 11 is 0. The zero-order valence-electron chi connectivity index (χ0n) is 15.7. The Kier molecular flexibility index (Phi) is 6.37. The van der Waals surface area contributed by atoms with Gasteiger partial charge in [0.05, 0.1) is 0 Å². The van der Waals surface area contributed by atoms with Gasteiger partial charge in [0.1, 0.15) is 5.70 Å². The van der Waals surface area contributed by atoms with Gasteiger partial charge in [-0.2, -0.15) is 0 Å². The zero-order chi connectivity index (χ0) is 19.8. The number of nitrogens with one attached hydrogen (secondary N) is 2. The SMILES string of the molecule is Cc1ccc(/C=C(\NC(=O)c2ccccc2)C(=O)NCc2ccccc2)cc1. The molecule has 0 fully saturated rings. The molecule has 0 heterocycles. The molecule has 0 aliphatic rings. The number of aryl methyl sites for hydroxylation is 1. The van der Waals surface area contributed by atoms with Gasteiger partial charge in [0.2, 0.25) is 0 Å². The molecular weight excluding hydrogens is 348 g/mol. The molecule has 0 spiro atoms. The first-order chi connectivity index (χ1) is 13.6. The summed E-state index contributed by atoms with van der Waals surface area (Å²) in [4.78, 5) is 25.3. The Bertz CT molecular complexity index is 963. The maximum atomic E-state index is 12.8. The predicted octanol–water partition coefficient (Wildman–Crippen LogP) is 4.08. The first kappa shape index (κ1) is 19.1. The van der Waals surface area contributed by atoms with E-state index in [-0.39, 0.29) is 17.5 Å². The normalized spacial score (nSPS) is 11.0. The van der Waals surface area contributed by atoms with Crippen LogP contribution in [0.3, 0.4) is 0 Å². The van der Waals surface area contributed by atoms with Crippen LogP contribution in [0, 0.1) is 6.92 Å². The van der Waals surface area contributed by atoms with Crippen molar-refractivity contribution in [3.8, 4) is 0 Å². The van der Waals surface area contributed by atoms with Crippen LogP contribution in [-0.2, 0) is 11.3 Å². The molecule has 0 saturated heterocycles. The van der Waals surface area contributed by atoms with Gasteiger partial charge in [0, 0.05) is 12.1 Å². The van der Waals surface area contributed by atoms with E-state index in [1.54, 1.807) is 30.3 Å². The minimum atomic E-state index is -0.339. The Hall–Kier alpha value is -3.66. The minimum Gasteiger partial charge on any atom is -0.347 e. The van der Waals surface area contributed by atoms with Crippen LogP contribution in [0.5, 0.6) is 0 Å². The molecule has 28 heavy (non-hydrogen) atoms. The number of carbonyl (C=O) groups is 2. The Balaban J connectivity index is 1.80. The summed E-state index contributed by atoms with van der Waals surface area (Å²) in [5.74, 6) is -0.664. The molecule has 0 aromatic heterocycles. The monoisotopic (exact) mass is 370 g/mol. The first-order valence-corrected chi connectivity index (χ1v) is 9.09. The van der Waals surface area contributed by atoms with E-state index < -0.39 is 0 Å². The molecule has 0 bridgehead atoms. The van der Waals surface area contributed by atoms with Gasteiger partial charge in [-0.25, -0.2) is 0 Å². The number of amides is 2. The third-order valence-corrected chi connectivity index (χ3v) is 4.21. The van der Waals surface area contributed by atoms with E-state index in [9.17, 15) is 9.59 Å². The first-order valence-electron chi connectivity index (χ1n) is 9.09. The smallest absolute Gasteiger partial charge is 0.268 e. The lowest BCUT2D eigenvalue weighted by Gasteiger charge is -2.11. The third-order valence-electron chi connectivity index (χ3n) is 4.21. The molecule has 0 atom stereocenters. The van der Waals surface area contributed by atoms with E-state index in [0.717, 1.165) is 16.7 Å². The lowest BCUT2D eigenvalue weighted by Crippen LogP contribution is -2.34. The van der Waals surface area contributed by atoms with Crippen molar-refractivity contribution in [1.82, 2.24) is 10.6 Å². The molecule has 140 valence electrons. The topological polar surface area (TPSA) is 58.2 Å². The number of carbonyl (C=O) groups excluding carboxylic acids is 2. The highest BCUT2D eigenvalue weighted by Gasteiger charge is 2.14. The molecule has 3 aromatic carbocycles. The average Bonchev–Trinajstić information content (AvgIpc) is 2.74. The highest BCUT2D eigenvalue weighted by Crippen LogP contribution is 2.09. The second kappa shape index (κ2) is 9.33. The molecule has 4 nitrogen and oxygen atoms in total. The van der Waals surface area contributed by atoms with Crippen molar-refractivity contribution in [3.05, 3.63) is 113 Å². The Labute approximate surface area is 164 Å². The van der Waals surface area contributed by atoms with Crippen LogP contribution in [0.15, 0.2) is 90.6 Å². The van der Waals surface area contributed by atoms with E-state index >= 15 is 0 Å². The van der Waals surface area contributed by atoms with Crippen molar-refractivity contribution in [2.24, 2.45) is 0 Å². The molecule has 3 aromatic rings. The van der Waals surface area contributed by atoms with Crippen molar-refractivity contribution >= 4 is 17.9 Å². The largest absolute Gasteiger partial charge is 0.347 e. The number of hydrogen-bond donors (Lipinski definition) is 2. The van der Waals surface area contributed by atoms with E-state index in [0.29, 0.717) is 12.1 Å². The van der Waals surface area contributed by atoms with Crippen molar-refractivity contribution in [2.45, 2.75) is 13.5 Å². The number of benzene rings is 3. The molecule has 2 amide bonds. The van der Waals surface area contributed by atoms with E-state index in [4.69, 9.17) is 0 Å². The summed E-state index contributed by atoms with van der Waals surface area (Å²) in [6.07, 6.45) is 1.68. The summed E-state index contributed by atoms with van der Waals surface area (Å²) in [5, 5.41) is 5.61. The van der Waals surface area contributed by atoms with Crippen molar-refractivity contribution in [3.63, 3.8) is 0 Å². The summed E-state index contributed by atoms with van der Waals surface area (Å²) < 4.78 is 0. The summed E-state index contributed by atoms with van der Waals surface area (Å²) in [7, 11) is 0. The van der Waals surface area contributed by atoms with Crippen LogP contribution >= 0.6 is 0 Å². The van der Waals surface area contributed by atoms with Gasteiger partial charge < -0.3 is 10.6 Å². The molecule has 0 aliphatic carbocycles. The fourth-order valence-corrected chi connectivity index (χ4v) is 2.65. The van der Waals surface area contributed by atoms with Crippen molar-refractivity contribution in [2.75, 3.05) is 0 Å². The van der Waals surface area contributed by atoms with Crippen LogP contribution in [0.1, 0.15) is 27.0 Å². The Morgan fingerprint density at radius 1 is 0.821 bits per heavy atom. The highest BCUT2D eigenvalue weighted by molar-refractivity contribution is 6.05. The third kappa shape index (κ3) is 5.42. The van der Waals surface area contributed by atoms with Crippen molar-refractivity contribution < 1.29 is 9.59 Å². The molecule has 0 saturated carbocycles. The van der Waals surface area contributed by atoms with E-state index in [1.165, 1.54) is 0 Å². The van der Waals surface area contributed by atoms with Gasteiger partial charge in [0.25, 0.3) is 11.8 Å². The maximum absolute atomic E-state index is 12.8. The number of rotatable bonds is 6. The van der Waals surface area contributed by atoms with Crippen LogP contribution < -0.4 is 10.6 Å². The van der Waals surface area contributed by atoms with E-state index in [2.05, 4.69) is 10.6 Å². The lowest BCUT2D eigenvalue weighted by atomic mass is 10.1. The van der Waals surface area contributed by atoms with Gasteiger partial charge in [-0.15, -0.1) is 0 Å². The van der Waals surface area contributed by atoms with E-state index in [1.807, 2.05) is 67.6 Å². The fourth-order valence-electron chi connectivity index (χ4n) is 2.65. The van der Waals surface area contributed by atoms with Crippen LogP contribution in [0.25, 0.3) is 6.08 Å². The molecule has 3 rings (SSSR count). The summed E-state index contributed by atoms with van der Waals surface area (Å²) in [5.41, 5.74) is 3.64. The molecule has 4 heteroatoms. The maximum Gasteiger partial charge on any atom is 0.268 e. The molecule has 0 unspecified atom stereocenters. The van der Waals surface area contributed by atoms with Crippen molar-refractivity contribution in [1.29, 1.82) is 0 Å². The fraction of sp³-hybridized carbons (Fsp3) is 0.0833. The molecule has 0 aliphatic heterocycles. The summed E-state index contributed by atoms with van der Waals surface area (Å²) in [6, 6.07) is 26.2. The average molecular weight is 370 g/mol. The predicted molar refractivity (Wildman–Crippen MR) is 111 cm³/mol. The van der Waals surface area contributed by atoms with Gasteiger partial charge >= 0.3 is 0 Å².